The van der Waals surface area contributed by atoms with Gasteiger partial charge in [0.25, 0.3) is 0 Å². The smallest absolute Gasteiger partial charge is 0.422 e. The Labute approximate surface area is 134 Å². The Morgan fingerprint density at radius 3 is 2.74 bits per heavy atom. The highest BCUT2D eigenvalue weighted by atomic mass is 16.6. The molecule has 10 heteroatoms. The Kier molecular flexibility index (Phi) is 6.31. The Morgan fingerprint density at radius 1 is 1.52 bits per heavy atom. The maximum Gasteiger partial charge on any atom is 0.422 e. The molecule has 0 spiro atoms. The van der Waals surface area contributed by atoms with Gasteiger partial charge in [-0.3, -0.25) is 15.5 Å². The number of rotatable bonds is 7. The van der Waals surface area contributed by atoms with Crippen LogP contribution in [0, 0.1) is 10.1 Å². The molecule has 1 amide bonds. The van der Waals surface area contributed by atoms with Crippen molar-refractivity contribution in [2.24, 2.45) is 7.05 Å². The van der Waals surface area contributed by atoms with Gasteiger partial charge in [0.15, 0.2) is 0 Å². The summed E-state index contributed by atoms with van der Waals surface area (Å²) in [6, 6.07) is 0. The highest BCUT2D eigenvalue weighted by molar-refractivity contribution is 5.66. The maximum absolute atomic E-state index is 11.4. The monoisotopic (exact) mass is 328 g/mol. The highest BCUT2D eigenvalue weighted by Crippen LogP contribution is 2.25. The lowest BCUT2D eigenvalue weighted by atomic mass is 10.2. The summed E-state index contributed by atoms with van der Waals surface area (Å²) in [5, 5.41) is 14.9. The van der Waals surface area contributed by atoms with E-state index in [0.717, 1.165) is 0 Å². The molecule has 1 aromatic heterocycles. The minimum absolute atomic E-state index is 0.0326. The number of nitrogens with zero attached hydrogens (tertiary/aromatic N) is 4. The van der Waals surface area contributed by atoms with Crippen LogP contribution in [0.4, 0.5) is 16.3 Å². The fraction of sp³-hybridized carbons (Fsp3) is 0.692. The van der Waals surface area contributed by atoms with Crippen molar-refractivity contribution < 1.29 is 14.5 Å². The fourth-order valence-corrected chi connectivity index (χ4v) is 1.94. The van der Waals surface area contributed by atoms with Gasteiger partial charge in [-0.1, -0.05) is 0 Å². The summed E-state index contributed by atoms with van der Waals surface area (Å²) < 4.78 is 6.54. The Balaban J connectivity index is 2.35. The van der Waals surface area contributed by atoms with Crippen LogP contribution in [-0.2, 0) is 11.8 Å². The first-order valence-electron chi connectivity index (χ1n) is 7.21. The topological polar surface area (TPSA) is 115 Å². The number of ether oxygens (including phenoxy) is 1. The molecule has 0 unspecified atom stereocenters. The first-order chi connectivity index (χ1) is 10.6. The number of hydrogen-bond acceptors (Lipinski definition) is 7. The molecule has 1 heterocycles. The summed E-state index contributed by atoms with van der Waals surface area (Å²) in [7, 11) is 3.41. The van der Waals surface area contributed by atoms with Gasteiger partial charge in [0.2, 0.25) is 5.82 Å². The van der Waals surface area contributed by atoms with Gasteiger partial charge in [-0.25, -0.2) is 14.9 Å². The van der Waals surface area contributed by atoms with Crippen LogP contribution in [0.25, 0.3) is 0 Å². The average molecular weight is 328 g/mol. The van der Waals surface area contributed by atoms with Gasteiger partial charge in [0.1, 0.15) is 11.8 Å². The molecule has 0 aromatic carbocycles. The predicted octanol–water partition coefficient (Wildman–Crippen LogP) is 1.18. The minimum Gasteiger partial charge on any atom is -0.443 e. The van der Waals surface area contributed by atoms with Crippen molar-refractivity contribution in [2.75, 3.05) is 25.0 Å². The molecule has 130 valence electrons. The van der Waals surface area contributed by atoms with Gasteiger partial charge < -0.3 is 9.64 Å². The minimum atomic E-state index is -0.551. The van der Waals surface area contributed by atoms with Crippen molar-refractivity contribution in [2.45, 2.75) is 32.8 Å². The number of carbonyl (C=O) groups is 1. The molecule has 0 aliphatic carbocycles. The molecule has 2 N–H and O–H groups in total. The Bertz CT molecular complexity index is 551. The average Bonchev–Trinajstić information content (AvgIpc) is 2.78. The second-order valence-corrected chi connectivity index (χ2v) is 6.06. The van der Waals surface area contributed by atoms with E-state index in [-0.39, 0.29) is 5.69 Å². The van der Waals surface area contributed by atoms with Crippen molar-refractivity contribution >= 4 is 17.6 Å². The number of carbonyl (C=O) groups excluding carboxylic acids is 1. The van der Waals surface area contributed by atoms with Gasteiger partial charge >= 0.3 is 11.8 Å². The van der Waals surface area contributed by atoms with E-state index in [9.17, 15) is 14.9 Å². The lowest BCUT2D eigenvalue weighted by Crippen LogP contribution is -2.42. The van der Waals surface area contributed by atoms with Gasteiger partial charge in [0, 0.05) is 27.2 Å². The number of aryl methyl sites for hydroxylation is 1. The molecule has 0 saturated carbocycles. The second kappa shape index (κ2) is 7.77. The van der Waals surface area contributed by atoms with Gasteiger partial charge in [0.05, 0.1) is 4.92 Å². The molecule has 1 rings (SSSR count). The van der Waals surface area contributed by atoms with E-state index in [1.54, 1.807) is 39.8 Å². The number of amides is 1. The summed E-state index contributed by atoms with van der Waals surface area (Å²) in [5.74, 6) is 0.440. The number of nitro groups is 1. The normalized spacial score (nSPS) is 11.2. The highest BCUT2D eigenvalue weighted by Gasteiger charge is 2.22. The molecule has 0 atom stereocenters. The summed E-state index contributed by atoms with van der Waals surface area (Å²) in [6.07, 6.45) is 1.34. The van der Waals surface area contributed by atoms with Crippen molar-refractivity contribution in [1.82, 2.24) is 20.6 Å². The number of hydrazine groups is 1. The quantitative estimate of drug-likeness (QED) is 0.439. The van der Waals surface area contributed by atoms with E-state index >= 15 is 0 Å². The van der Waals surface area contributed by atoms with Crippen LogP contribution < -0.4 is 15.8 Å². The number of nitrogens with one attached hydrogen (secondary N) is 2. The largest absolute Gasteiger partial charge is 0.443 e. The van der Waals surface area contributed by atoms with Crippen LogP contribution in [-0.4, -0.2) is 46.5 Å². The predicted molar refractivity (Wildman–Crippen MR) is 85.1 cm³/mol. The van der Waals surface area contributed by atoms with Crippen LogP contribution in [0.2, 0.25) is 0 Å². The van der Waals surface area contributed by atoms with E-state index < -0.39 is 16.6 Å². The molecule has 23 heavy (non-hydrogen) atoms. The van der Waals surface area contributed by atoms with Crippen LogP contribution in [0.5, 0.6) is 0 Å². The molecule has 0 fully saturated rings. The molecule has 10 nitrogen and oxygen atoms in total. The molecule has 0 bridgehead atoms. The van der Waals surface area contributed by atoms with Gasteiger partial charge in [-0.15, -0.1) is 0 Å². The zero-order valence-corrected chi connectivity index (χ0v) is 14.1. The lowest BCUT2D eigenvalue weighted by Gasteiger charge is -2.20. The molecule has 0 aliphatic rings. The Morgan fingerprint density at radius 2 is 2.17 bits per heavy atom. The molecule has 1 aromatic rings. The molecule has 0 radical (unpaired) electrons. The lowest BCUT2D eigenvalue weighted by molar-refractivity contribution is -0.384. The fourth-order valence-electron chi connectivity index (χ4n) is 1.94. The number of aromatic nitrogens is 2. The van der Waals surface area contributed by atoms with Gasteiger partial charge in [-0.2, -0.15) is 5.10 Å². The van der Waals surface area contributed by atoms with Crippen molar-refractivity contribution in [1.29, 1.82) is 0 Å². The van der Waals surface area contributed by atoms with E-state index in [0.29, 0.717) is 25.3 Å². The zero-order chi connectivity index (χ0) is 17.6. The third-order valence-corrected chi connectivity index (χ3v) is 2.83. The summed E-state index contributed by atoms with van der Waals surface area (Å²) in [5.41, 5.74) is 4.60. The van der Waals surface area contributed by atoms with Crippen molar-refractivity contribution in [3.05, 3.63) is 16.3 Å². The number of hydrogen-bond donors (Lipinski definition) is 2. The molecular formula is C13H24N6O4. The zero-order valence-electron chi connectivity index (χ0n) is 14.1. The first-order valence-corrected chi connectivity index (χ1v) is 7.21. The van der Waals surface area contributed by atoms with Crippen LogP contribution in [0.3, 0.4) is 0 Å². The van der Waals surface area contributed by atoms with Crippen molar-refractivity contribution in [3.8, 4) is 0 Å². The summed E-state index contributed by atoms with van der Waals surface area (Å²) in [4.78, 5) is 23.7. The molecule has 0 aliphatic heterocycles. The van der Waals surface area contributed by atoms with Gasteiger partial charge in [-0.05, 0) is 27.2 Å². The SMILES string of the molecule is CN(CCCNNC(=O)OC(C)(C)C)c1c([N+](=O)[O-])cnn1C. The second-order valence-electron chi connectivity index (χ2n) is 6.06. The first kappa shape index (κ1) is 18.7. The van der Waals surface area contributed by atoms with Crippen LogP contribution >= 0.6 is 0 Å². The summed E-state index contributed by atoms with van der Waals surface area (Å²) in [6.45, 7) is 6.39. The standard InChI is InChI=1S/C13H24N6O4/c1-13(2,3)23-12(20)16-14-7-6-8-17(4)11-10(19(21)22)9-15-18(11)5/h9,14H,6-8H2,1-5H3,(H,16,20). The third-order valence-electron chi connectivity index (χ3n) is 2.83. The van der Waals surface area contributed by atoms with E-state index in [1.807, 2.05) is 0 Å². The van der Waals surface area contributed by atoms with E-state index in [1.165, 1.54) is 10.9 Å². The molecule has 0 saturated heterocycles. The third kappa shape index (κ3) is 6.10. The van der Waals surface area contributed by atoms with E-state index in [4.69, 9.17) is 4.74 Å². The molecular weight excluding hydrogens is 304 g/mol. The van der Waals surface area contributed by atoms with E-state index in [2.05, 4.69) is 16.0 Å². The van der Waals surface area contributed by atoms with Crippen LogP contribution in [0.15, 0.2) is 6.20 Å². The number of anilines is 1. The van der Waals surface area contributed by atoms with Crippen LogP contribution in [0.1, 0.15) is 27.2 Å². The van der Waals surface area contributed by atoms with Crippen molar-refractivity contribution in [3.63, 3.8) is 0 Å². The summed E-state index contributed by atoms with van der Waals surface area (Å²) >= 11 is 0. The Hall–Kier alpha value is -2.36. The maximum atomic E-state index is 11.4.